The standard InChI is InChI=1S/C20H39N5O5S/c1-5-12(4)16(25-17(26)13(22)10-31)19(28)24-15(11(2)3)18(27)23-14(20(29)30)8-6-7-9-21/h11-16,31H,5-10,21-22H2,1-4H3,(H,23,27)(H,24,28)(H,25,26)(H,29,30). The van der Waals surface area contributed by atoms with Gasteiger partial charge in [-0.25, -0.2) is 4.79 Å². The van der Waals surface area contributed by atoms with Gasteiger partial charge in [-0.1, -0.05) is 34.1 Å². The van der Waals surface area contributed by atoms with Crippen LogP contribution in [0.15, 0.2) is 0 Å². The van der Waals surface area contributed by atoms with Gasteiger partial charge in [-0.3, -0.25) is 14.4 Å². The topological polar surface area (TPSA) is 177 Å². The fraction of sp³-hybridized carbons (Fsp3) is 0.800. The van der Waals surface area contributed by atoms with Crippen molar-refractivity contribution in [2.24, 2.45) is 23.3 Å². The van der Waals surface area contributed by atoms with Crippen LogP contribution >= 0.6 is 12.6 Å². The number of hydrogen-bond acceptors (Lipinski definition) is 7. The van der Waals surface area contributed by atoms with Crippen molar-refractivity contribution in [2.75, 3.05) is 12.3 Å². The van der Waals surface area contributed by atoms with Gasteiger partial charge in [0.2, 0.25) is 17.7 Å². The maximum Gasteiger partial charge on any atom is 0.326 e. The maximum absolute atomic E-state index is 12.9. The Labute approximate surface area is 190 Å². The van der Waals surface area contributed by atoms with Gasteiger partial charge in [0.25, 0.3) is 0 Å². The van der Waals surface area contributed by atoms with Crippen LogP contribution in [0.25, 0.3) is 0 Å². The highest BCUT2D eigenvalue weighted by atomic mass is 32.1. The van der Waals surface area contributed by atoms with E-state index in [2.05, 4.69) is 28.6 Å². The molecule has 31 heavy (non-hydrogen) atoms. The van der Waals surface area contributed by atoms with Crippen LogP contribution in [0.1, 0.15) is 53.4 Å². The summed E-state index contributed by atoms with van der Waals surface area (Å²) in [5.41, 5.74) is 11.1. The van der Waals surface area contributed by atoms with E-state index in [4.69, 9.17) is 11.5 Å². The summed E-state index contributed by atoms with van der Waals surface area (Å²) < 4.78 is 0. The van der Waals surface area contributed by atoms with E-state index < -0.39 is 47.9 Å². The van der Waals surface area contributed by atoms with E-state index in [0.29, 0.717) is 25.8 Å². The van der Waals surface area contributed by atoms with Crippen LogP contribution in [0.3, 0.4) is 0 Å². The van der Waals surface area contributed by atoms with E-state index in [9.17, 15) is 24.3 Å². The lowest BCUT2D eigenvalue weighted by atomic mass is 9.96. The number of carbonyl (C=O) groups excluding carboxylic acids is 3. The minimum Gasteiger partial charge on any atom is -0.480 e. The van der Waals surface area contributed by atoms with Crippen LogP contribution in [0, 0.1) is 11.8 Å². The van der Waals surface area contributed by atoms with Crippen molar-refractivity contribution < 1.29 is 24.3 Å². The Bertz CT molecular complexity index is 605. The Morgan fingerprint density at radius 1 is 0.935 bits per heavy atom. The van der Waals surface area contributed by atoms with Crippen LogP contribution in [-0.4, -0.2) is 65.3 Å². The summed E-state index contributed by atoms with van der Waals surface area (Å²) in [4.78, 5) is 49.4. The molecule has 10 nitrogen and oxygen atoms in total. The number of carboxylic acid groups (broad SMARTS) is 1. The van der Waals surface area contributed by atoms with Gasteiger partial charge in [0.15, 0.2) is 0 Å². The number of hydrogen-bond donors (Lipinski definition) is 7. The zero-order valence-corrected chi connectivity index (χ0v) is 19.8. The van der Waals surface area contributed by atoms with Crippen molar-refractivity contribution >= 4 is 36.3 Å². The molecule has 0 aliphatic carbocycles. The molecule has 0 aromatic heterocycles. The third-order valence-electron chi connectivity index (χ3n) is 5.14. The van der Waals surface area contributed by atoms with Crippen molar-refractivity contribution in [2.45, 2.75) is 77.5 Å². The predicted octanol–water partition coefficient (Wildman–Crippen LogP) is -0.386. The van der Waals surface area contributed by atoms with Crippen LogP contribution in [0.2, 0.25) is 0 Å². The highest BCUT2D eigenvalue weighted by Crippen LogP contribution is 2.11. The fourth-order valence-electron chi connectivity index (χ4n) is 2.83. The number of aliphatic carboxylic acids is 1. The minimum atomic E-state index is -1.15. The molecular weight excluding hydrogens is 422 g/mol. The number of nitrogens with two attached hydrogens (primary N) is 2. The largest absolute Gasteiger partial charge is 0.480 e. The van der Waals surface area contributed by atoms with E-state index in [1.165, 1.54) is 0 Å². The second kappa shape index (κ2) is 15.0. The summed E-state index contributed by atoms with van der Waals surface area (Å²) in [6.45, 7) is 7.59. The molecule has 0 saturated heterocycles. The van der Waals surface area contributed by atoms with Crippen LogP contribution in [0.5, 0.6) is 0 Å². The number of amides is 3. The number of thiol groups is 1. The zero-order valence-electron chi connectivity index (χ0n) is 18.9. The van der Waals surface area contributed by atoms with E-state index in [0.717, 1.165) is 0 Å². The Kier molecular flexibility index (Phi) is 14.1. The first-order valence-corrected chi connectivity index (χ1v) is 11.3. The second-order valence-corrected chi connectivity index (χ2v) is 8.44. The van der Waals surface area contributed by atoms with Gasteiger partial charge in [-0.05, 0) is 37.6 Å². The molecule has 0 aromatic rings. The molecule has 0 fully saturated rings. The van der Waals surface area contributed by atoms with Gasteiger partial charge in [0.1, 0.15) is 18.1 Å². The molecule has 8 N–H and O–H groups in total. The number of nitrogens with one attached hydrogen (secondary N) is 3. The van der Waals surface area contributed by atoms with Crippen LogP contribution < -0.4 is 27.4 Å². The van der Waals surface area contributed by atoms with Crippen LogP contribution in [0.4, 0.5) is 0 Å². The zero-order chi connectivity index (χ0) is 24.1. The van der Waals surface area contributed by atoms with E-state index in [1.54, 1.807) is 20.8 Å². The first-order valence-electron chi connectivity index (χ1n) is 10.7. The molecule has 11 heteroatoms. The highest BCUT2D eigenvalue weighted by molar-refractivity contribution is 7.80. The average Bonchev–Trinajstić information content (AvgIpc) is 2.72. The molecule has 5 atom stereocenters. The van der Waals surface area contributed by atoms with Gasteiger partial charge in [-0.2, -0.15) is 12.6 Å². The second-order valence-electron chi connectivity index (χ2n) is 8.08. The summed E-state index contributed by atoms with van der Waals surface area (Å²) in [7, 11) is 0. The lowest BCUT2D eigenvalue weighted by Crippen LogP contribution is -2.59. The molecule has 0 rings (SSSR count). The number of unbranched alkanes of at least 4 members (excludes halogenated alkanes) is 1. The number of rotatable bonds is 15. The van der Waals surface area contributed by atoms with Crippen LogP contribution in [-0.2, 0) is 19.2 Å². The molecule has 0 aliphatic rings. The lowest BCUT2D eigenvalue weighted by Gasteiger charge is -2.29. The molecule has 180 valence electrons. The molecule has 0 saturated carbocycles. The molecular formula is C20H39N5O5S. The molecule has 0 radical (unpaired) electrons. The summed E-state index contributed by atoms with van der Waals surface area (Å²) in [6, 6.07) is -3.80. The molecule has 5 unspecified atom stereocenters. The third-order valence-corrected chi connectivity index (χ3v) is 5.53. The molecule has 0 spiro atoms. The van der Waals surface area contributed by atoms with Gasteiger partial charge in [0.05, 0.1) is 6.04 Å². The van der Waals surface area contributed by atoms with Crippen molar-refractivity contribution in [3.63, 3.8) is 0 Å². The summed E-state index contributed by atoms with van der Waals surface area (Å²) in [6.07, 6.45) is 2.05. The fourth-order valence-corrected chi connectivity index (χ4v) is 3.00. The van der Waals surface area contributed by atoms with E-state index >= 15 is 0 Å². The molecule has 0 heterocycles. The molecule has 0 aliphatic heterocycles. The lowest BCUT2D eigenvalue weighted by molar-refractivity contribution is -0.143. The average molecular weight is 462 g/mol. The molecule has 0 bridgehead atoms. The summed E-state index contributed by atoms with van der Waals surface area (Å²) in [5, 5.41) is 17.2. The summed E-state index contributed by atoms with van der Waals surface area (Å²) >= 11 is 4.00. The Hall–Kier alpha value is -1.85. The quantitative estimate of drug-likeness (QED) is 0.128. The SMILES string of the molecule is CCC(C)C(NC(=O)C(N)CS)C(=O)NC(C(=O)NC(CCCCN)C(=O)O)C(C)C. The predicted molar refractivity (Wildman–Crippen MR) is 122 cm³/mol. The first kappa shape index (κ1) is 29.1. The van der Waals surface area contributed by atoms with Gasteiger partial charge in [0, 0.05) is 5.75 Å². The number of carbonyl (C=O) groups is 4. The van der Waals surface area contributed by atoms with Crippen molar-refractivity contribution in [1.29, 1.82) is 0 Å². The van der Waals surface area contributed by atoms with Crippen molar-refractivity contribution in [3.05, 3.63) is 0 Å². The smallest absolute Gasteiger partial charge is 0.326 e. The Morgan fingerprint density at radius 3 is 1.94 bits per heavy atom. The van der Waals surface area contributed by atoms with Crippen molar-refractivity contribution in [3.8, 4) is 0 Å². The monoisotopic (exact) mass is 461 g/mol. The molecule has 3 amide bonds. The van der Waals surface area contributed by atoms with Gasteiger partial charge >= 0.3 is 5.97 Å². The van der Waals surface area contributed by atoms with E-state index in [-0.39, 0.29) is 24.0 Å². The van der Waals surface area contributed by atoms with E-state index in [1.807, 2.05) is 6.92 Å². The minimum absolute atomic E-state index is 0.123. The third kappa shape index (κ3) is 10.3. The first-order chi connectivity index (χ1) is 14.5. The Balaban J connectivity index is 5.36. The summed E-state index contributed by atoms with van der Waals surface area (Å²) in [5.74, 6) is -3.18. The molecule has 0 aromatic carbocycles. The van der Waals surface area contributed by atoms with Crippen molar-refractivity contribution in [1.82, 2.24) is 16.0 Å². The van der Waals surface area contributed by atoms with Gasteiger partial charge < -0.3 is 32.5 Å². The maximum atomic E-state index is 12.9. The normalized spacial score (nSPS) is 16.0. The number of carboxylic acids is 1. The highest BCUT2D eigenvalue weighted by Gasteiger charge is 2.33. The Morgan fingerprint density at radius 2 is 1.48 bits per heavy atom. The van der Waals surface area contributed by atoms with Gasteiger partial charge in [-0.15, -0.1) is 0 Å².